The van der Waals surface area contributed by atoms with Gasteiger partial charge in [0.2, 0.25) is 0 Å². The lowest BCUT2D eigenvalue weighted by atomic mass is 10.0. The number of hydrogen-bond acceptors (Lipinski definition) is 0. The summed E-state index contributed by atoms with van der Waals surface area (Å²) in [6.45, 7) is 0. The highest BCUT2D eigenvalue weighted by Gasteiger charge is 2.11. The van der Waals surface area contributed by atoms with Gasteiger partial charge in [-0.3, -0.25) is 10.0 Å². The van der Waals surface area contributed by atoms with Crippen molar-refractivity contribution >= 4 is 24.3 Å². The first-order valence-electron chi connectivity index (χ1n) is 4.49. The van der Waals surface area contributed by atoms with Crippen LogP contribution >= 0.6 is 10.0 Å². The van der Waals surface area contributed by atoms with Crippen molar-refractivity contribution < 1.29 is 0 Å². The molecule has 0 N–H and O–H groups in total. The van der Waals surface area contributed by atoms with E-state index >= 15 is 0 Å². The Labute approximate surface area is 74.3 Å². The summed E-state index contributed by atoms with van der Waals surface area (Å²) >= 11 is -0.197. The van der Waals surface area contributed by atoms with Crippen molar-refractivity contribution in [2.24, 2.45) is 0 Å². The molecule has 0 aromatic rings. The predicted octanol–water partition coefficient (Wildman–Crippen LogP) is 3.11. The van der Waals surface area contributed by atoms with Crippen molar-refractivity contribution in [3.8, 4) is 0 Å². The molecule has 1 rings (SSSR count). The third-order valence-electron chi connectivity index (χ3n) is 2.44. The van der Waals surface area contributed by atoms with Gasteiger partial charge in [0.1, 0.15) is 0 Å². The van der Waals surface area contributed by atoms with Crippen LogP contribution in [0, 0.1) is 0 Å². The van der Waals surface area contributed by atoms with Crippen LogP contribution in [-0.4, -0.2) is 14.3 Å². The fourth-order valence-corrected chi connectivity index (χ4v) is 3.51. The topological polar surface area (TPSA) is 0 Å². The fourth-order valence-electron chi connectivity index (χ4n) is 1.69. The van der Waals surface area contributed by atoms with E-state index in [1.807, 2.05) is 0 Å². The Morgan fingerprint density at radius 2 is 1.40 bits per heavy atom. The van der Waals surface area contributed by atoms with Gasteiger partial charge in [-0.1, -0.05) is 49.7 Å². The maximum Gasteiger partial charge on any atom is 0.380 e. The Kier molecular flexibility index (Phi) is 4.88. The van der Waals surface area contributed by atoms with E-state index in [9.17, 15) is 0 Å². The molecular weight excluding hydrogens is 159 g/mol. The standard InChI is InChI=1S/C8H15.Al.ClH.H/c1-2-4-6-8-7-5-3-1;;;/h1H,2-8H2;;1H;/q;+1;;/p-1. The van der Waals surface area contributed by atoms with Crippen LogP contribution in [0.1, 0.15) is 44.9 Å². The Morgan fingerprint density at radius 3 is 1.90 bits per heavy atom. The average molecular weight is 175 g/mol. The van der Waals surface area contributed by atoms with E-state index in [1.165, 1.54) is 44.9 Å². The molecule has 1 saturated carbocycles. The van der Waals surface area contributed by atoms with Gasteiger partial charge in [-0.25, -0.2) is 0 Å². The van der Waals surface area contributed by atoms with Crippen LogP contribution in [0.25, 0.3) is 0 Å². The van der Waals surface area contributed by atoms with Crippen LogP contribution in [-0.2, 0) is 0 Å². The van der Waals surface area contributed by atoms with Crippen molar-refractivity contribution in [2.45, 2.75) is 49.7 Å². The van der Waals surface area contributed by atoms with Crippen molar-refractivity contribution in [1.29, 1.82) is 0 Å². The summed E-state index contributed by atoms with van der Waals surface area (Å²) in [5.41, 5.74) is 0. The van der Waals surface area contributed by atoms with Gasteiger partial charge in [-0.15, -0.1) is 0 Å². The number of rotatable bonds is 1. The van der Waals surface area contributed by atoms with E-state index in [0.29, 0.717) is 0 Å². The van der Waals surface area contributed by atoms with E-state index in [1.54, 1.807) is 0 Å². The van der Waals surface area contributed by atoms with Crippen LogP contribution < -0.4 is 0 Å². The summed E-state index contributed by atoms with van der Waals surface area (Å²) in [5, 5.41) is 0. The minimum atomic E-state index is -0.197. The largest absolute Gasteiger partial charge is 0.380 e. The molecule has 1 fully saturated rings. The maximum absolute atomic E-state index is 5.95. The molecule has 10 heavy (non-hydrogen) atoms. The third kappa shape index (κ3) is 3.28. The predicted molar refractivity (Wildman–Crippen MR) is 49.1 cm³/mol. The van der Waals surface area contributed by atoms with Gasteiger partial charge in [-0.05, 0) is 0 Å². The van der Waals surface area contributed by atoms with E-state index in [0.717, 1.165) is 4.78 Å². The van der Waals surface area contributed by atoms with Crippen molar-refractivity contribution in [3.63, 3.8) is 0 Å². The third-order valence-corrected chi connectivity index (χ3v) is 5.01. The fraction of sp³-hybridized carbons (Fsp3) is 1.00. The highest BCUT2D eigenvalue weighted by atomic mass is 35.6. The second-order valence-corrected chi connectivity index (χ2v) is 5.75. The molecule has 0 aliphatic heterocycles. The first-order valence-corrected chi connectivity index (χ1v) is 7.45. The lowest BCUT2D eigenvalue weighted by Gasteiger charge is -2.15. The number of halogens is 1. The maximum atomic E-state index is 5.95. The molecule has 0 amide bonds. The molecule has 0 atom stereocenters. The van der Waals surface area contributed by atoms with Gasteiger partial charge in [0.25, 0.3) is 0 Å². The molecular formula is C8H16AlCl. The van der Waals surface area contributed by atoms with Crippen LogP contribution in [0.15, 0.2) is 0 Å². The molecule has 0 nitrogen and oxygen atoms in total. The smallest absolute Gasteiger partial charge is 0.267 e. The SMILES string of the molecule is [Cl][AlH][CH]1CCCCCCC1. The van der Waals surface area contributed by atoms with Crippen LogP contribution in [0.5, 0.6) is 0 Å². The monoisotopic (exact) mass is 174 g/mol. The molecule has 58 valence electrons. The van der Waals surface area contributed by atoms with Gasteiger partial charge >= 0.3 is 14.3 Å². The Hall–Kier alpha value is 0.822. The van der Waals surface area contributed by atoms with Gasteiger partial charge in [0.05, 0.1) is 0 Å². The van der Waals surface area contributed by atoms with E-state index in [-0.39, 0.29) is 14.3 Å². The van der Waals surface area contributed by atoms with Crippen LogP contribution in [0.4, 0.5) is 0 Å². The van der Waals surface area contributed by atoms with E-state index in [2.05, 4.69) is 0 Å². The summed E-state index contributed by atoms with van der Waals surface area (Å²) in [4.78, 5) is 0. The summed E-state index contributed by atoms with van der Waals surface area (Å²) < 4.78 is 0.974. The summed E-state index contributed by atoms with van der Waals surface area (Å²) in [6.07, 6.45) is 10.2. The highest BCUT2D eigenvalue weighted by molar-refractivity contribution is 6.94. The quantitative estimate of drug-likeness (QED) is 0.536. The van der Waals surface area contributed by atoms with Crippen LogP contribution in [0.2, 0.25) is 4.78 Å². The lowest BCUT2D eigenvalue weighted by molar-refractivity contribution is 0.503. The average Bonchev–Trinajstić information content (AvgIpc) is 1.87. The first-order chi connectivity index (χ1) is 4.93. The van der Waals surface area contributed by atoms with Crippen molar-refractivity contribution in [2.75, 3.05) is 0 Å². The zero-order chi connectivity index (χ0) is 7.23. The molecule has 1 aliphatic rings. The Balaban J connectivity index is 2.16. The molecule has 0 heterocycles. The van der Waals surface area contributed by atoms with Crippen molar-refractivity contribution in [3.05, 3.63) is 0 Å². The summed E-state index contributed by atoms with van der Waals surface area (Å²) in [6, 6.07) is 0. The normalized spacial score (nSPS) is 23.3. The molecule has 0 saturated heterocycles. The minimum absolute atomic E-state index is 0.197. The molecule has 0 bridgehead atoms. The summed E-state index contributed by atoms with van der Waals surface area (Å²) in [7, 11) is 5.95. The molecule has 2 heteroatoms. The zero-order valence-electron chi connectivity index (χ0n) is 6.61. The lowest BCUT2D eigenvalue weighted by Crippen LogP contribution is -2.01. The summed E-state index contributed by atoms with van der Waals surface area (Å²) in [5.74, 6) is 0. The molecule has 0 radical (unpaired) electrons. The number of hydrogen-bond donors (Lipinski definition) is 0. The highest BCUT2D eigenvalue weighted by Crippen LogP contribution is 2.26. The Morgan fingerprint density at radius 1 is 0.900 bits per heavy atom. The second-order valence-electron chi connectivity index (χ2n) is 3.37. The minimum Gasteiger partial charge on any atom is -0.267 e. The van der Waals surface area contributed by atoms with Gasteiger partial charge < -0.3 is 0 Å². The van der Waals surface area contributed by atoms with Crippen molar-refractivity contribution in [1.82, 2.24) is 0 Å². The van der Waals surface area contributed by atoms with Gasteiger partial charge in [-0.2, -0.15) is 0 Å². The second kappa shape index (κ2) is 5.47. The molecule has 0 aromatic carbocycles. The molecule has 0 spiro atoms. The molecule has 0 aromatic heterocycles. The molecule has 0 unspecified atom stereocenters. The molecule has 1 aliphatic carbocycles. The van der Waals surface area contributed by atoms with E-state index in [4.69, 9.17) is 10.0 Å². The van der Waals surface area contributed by atoms with Gasteiger partial charge in [0, 0.05) is 0 Å². The van der Waals surface area contributed by atoms with Gasteiger partial charge in [0.15, 0.2) is 0 Å². The zero-order valence-corrected chi connectivity index (χ0v) is 8.78. The first kappa shape index (κ1) is 8.91. The van der Waals surface area contributed by atoms with Crippen LogP contribution in [0.3, 0.4) is 0 Å². The van der Waals surface area contributed by atoms with E-state index < -0.39 is 0 Å². The Bertz CT molecular complexity index is 77.3.